The Morgan fingerprint density at radius 3 is 2.66 bits per heavy atom. The van der Waals surface area contributed by atoms with E-state index >= 15 is 4.39 Å². The minimum Gasteiger partial charge on any atom is -0.480 e. The predicted octanol–water partition coefficient (Wildman–Crippen LogP) is 3.77. The normalized spacial score (nSPS) is 18.5. The van der Waals surface area contributed by atoms with E-state index in [-0.39, 0.29) is 22.3 Å². The molecule has 0 aliphatic carbocycles. The molecule has 3 aromatic rings. The molecule has 2 aromatic heterocycles. The Labute approximate surface area is 222 Å². The van der Waals surface area contributed by atoms with E-state index in [9.17, 15) is 8.42 Å². The zero-order valence-corrected chi connectivity index (χ0v) is 22.4. The summed E-state index contributed by atoms with van der Waals surface area (Å²) in [5, 5.41) is 0. The van der Waals surface area contributed by atoms with Crippen LogP contribution in [0.2, 0.25) is 0 Å². The Morgan fingerprint density at radius 2 is 1.95 bits per heavy atom. The highest BCUT2D eigenvalue weighted by molar-refractivity contribution is 7.92. The lowest BCUT2D eigenvalue weighted by atomic mass is 10.0. The van der Waals surface area contributed by atoms with E-state index in [0.717, 1.165) is 25.1 Å². The number of sulfonamides is 1. The molecule has 9 nitrogen and oxygen atoms in total. The maximum atomic E-state index is 15.1. The van der Waals surface area contributed by atoms with Crippen LogP contribution in [-0.4, -0.2) is 69.8 Å². The lowest BCUT2D eigenvalue weighted by Gasteiger charge is -2.29. The Balaban J connectivity index is 1.36. The van der Waals surface area contributed by atoms with Crippen LogP contribution < -0.4 is 14.4 Å². The van der Waals surface area contributed by atoms with Crippen molar-refractivity contribution in [3.8, 4) is 17.0 Å². The standard InChI is InChI=1S/C27H32FN5O4S/c1-19-5-6-32(17-19)18-20-3-4-24(25(28)11-20)21-12-22(15-29-14-21)31-38(34,35)26-13-23(16-30-27(26)36-2)33-7-9-37-10-8-33/h3-4,11-16,19,31H,5-10,17-18H2,1-2H3/t19-/m0/s1. The van der Waals surface area contributed by atoms with Crippen molar-refractivity contribution in [2.45, 2.75) is 24.8 Å². The van der Waals surface area contributed by atoms with Crippen LogP contribution in [-0.2, 0) is 21.3 Å². The molecular formula is C27H32FN5O4S. The van der Waals surface area contributed by atoms with Crippen molar-refractivity contribution >= 4 is 21.4 Å². The summed E-state index contributed by atoms with van der Waals surface area (Å²) in [6.07, 6.45) is 5.64. The number of hydrogen-bond donors (Lipinski definition) is 1. The summed E-state index contributed by atoms with van der Waals surface area (Å²) in [6, 6.07) is 8.28. The van der Waals surface area contributed by atoms with Crippen molar-refractivity contribution in [3.05, 3.63) is 60.3 Å². The fraction of sp³-hybridized carbons (Fsp3) is 0.407. The molecule has 2 saturated heterocycles. The molecule has 0 radical (unpaired) electrons. The first-order chi connectivity index (χ1) is 18.3. The van der Waals surface area contributed by atoms with Gasteiger partial charge in [-0.25, -0.2) is 17.8 Å². The van der Waals surface area contributed by atoms with Gasteiger partial charge in [-0.15, -0.1) is 0 Å². The molecule has 0 unspecified atom stereocenters. The van der Waals surface area contributed by atoms with Gasteiger partial charge >= 0.3 is 0 Å². The number of hydrogen-bond acceptors (Lipinski definition) is 8. The van der Waals surface area contributed by atoms with Gasteiger partial charge in [0.15, 0.2) is 4.90 Å². The van der Waals surface area contributed by atoms with E-state index < -0.39 is 10.0 Å². The maximum Gasteiger partial charge on any atom is 0.267 e. The SMILES string of the molecule is COc1ncc(N2CCOCC2)cc1S(=O)(=O)Nc1cncc(-c2ccc(CN3CC[C@H](C)C3)cc2F)c1. The first-order valence-electron chi connectivity index (χ1n) is 12.7. The Kier molecular flexibility index (Phi) is 7.78. The van der Waals surface area contributed by atoms with Gasteiger partial charge in [0.2, 0.25) is 5.88 Å². The van der Waals surface area contributed by atoms with Gasteiger partial charge in [0.25, 0.3) is 10.0 Å². The summed E-state index contributed by atoms with van der Waals surface area (Å²) in [5.74, 6) is 0.266. The topological polar surface area (TPSA) is 96.9 Å². The van der Waals surface area contributed by atoms with Crippen LogP contribution in [0.3, 0.4) is 0 Å². The monoisotopic (exact) mass is 541 g/mol. The molecule has 11 heteroatoms. The molecule has 5 rings (SSSR count). The molecule has 0 saturated carbocycles. The fourth-order valence-corrected chi connectivity index (χ4v) is 6.11. The van der Waals surface area contributed by atoms with Crippen LogP contribution >= 0.6 is 0 Å². The van der Waals surface area contributed by atoms with Crippen molar-refractivity contribution in [2.24, 2.45) is 5.92 Å². The third kappa shape index (κ3) is 5.90. The number of pyridine rings is 2. The van der Waals surface area contributed by atoms with Crippen molar-refractivity contribution in [3.63, 3.8) is 0 Å². The smallest absolute Gasteiger partial charge is 0.267 e. The number of methoxy groups -OCH3 is 1. The van der Waals surface area contributed by atoms with Crippen molar-refractivity contribution in [1.29, 1.82) is 0 Å². The maximum absolute atomic E-state index is 15.1. The summed E-state index contributed by atoms with van der Waals surface area (Å²) in [7, 11) is -2.72. The molecule has 0 amide bonds. The van der Waals surface area contributed by atoms with Crippen LogP contribution in [0.5, 0.6) is 5.88 Å². The van der Waals surface area contributed by atoms with Gasteiger partial charge in [0.05, 0.1) is 44.1 Å². The summed E-state index contributed by atoms with van der Waals surface area (Å²) in [5.41, 5.74) is 2.59. The number of halogens is 1. The third-order valence-electron chi connectivity index (χ3n) is 6.91. The Bertz CT molecular complexity index is 1400. The second-order valence-corrected chi connectivity index (χ2v) is 11.5. The Morgan fingerprint density at radius 1 is 1.13 bits per heavy atom. The fourth-order valence-electron chi connectivity index (χ4n) is 4.93. The van der Waals surface area contributed by atoms with Crippen molar-refractivity contribution in [1.82, 2.24) is 14.9 Å². The molecule has 1 atom stereocenters. The van der Waals surface area contributed by atoms with Gasteiger partial charge in [-0.3, -0.25) is 14.6 Å². The largest absolute Gasteiger partial charge is 0.480 e. The quantitative estimate of drug-likeness (QED) is 0.461. The molecule has 2 aliphatic heterocycles. The number of anilines is 2. The zero-order valence-electron chi connectivity index (χ0n) is 21.6. The molecule has 2 aliphatic rings. The number of rotatable bonds is 8. The predicted molar refractivity (Wildman–Crippen MR) is 143 cm³/mol. The highest BCUT2D eigenvalue weighted by Crippen LogP contribution is 2.30. The lowest BCUT2D eigenvalue weighted by molar-refractivity contribution is 0.122. The molecule has 0 spiro atoms. The summed E-state index contributed by atoms with van der Waals surface area (Å²) in [6.45, 7) is 7.35. The van der Waals surface area contributed by atoms with E-state index in [1.807, 2.05) is 11.0 Å². The van der Waals surface area contributed by atoms with Gasteiger partial charge in [-0.1, -0.05) is 19.1 Å². The average Bonchev–Trinajstić information content (AvgIpc) is 3.33. The molecule has 2 fully saturated rings. The highest BCUT2D eigenvalue weighted by atomic mass is 32.2. The summed E-state index contributed by atoms with van der Waals surface area (Å²) in [4.78, 5) is 12.6. The van der Waals surface area contributed by atoms with E-state index in [1.54, 1.807) is 24.4 Å². The zero-order chi connectivity index (χ0) is 26.7. The van der Waals surface area contributed by atoms with Crippen LogP contribution in [0.25, 0.3) is 11.1 Å². The molecule has 1 N–H and O–H groups in total. The van der Waals surface area contributed by atoms with Crippen molar-refractivity contribution < 1.29 is 22.3 Å². The molecule has 202 valence electrons. The number of nitrogens with one attached hydrogen (secondary N) is 1. The Hall–Kier alpha value is -3.28. The number of ether oxygens (including phenoxy) is 2. The number of aromatic nitrogens is 2. The van der Waals surface area contributed by atoms with Crippen molar-refractivity contribution in [2.75, 3.05) is 56.1 Å². The van der Waals surface area contributed by atoms with E-state index in [4.69, 9.17) is 9.47 Å². The van der Waals surface area contributed by atoms with Crippen LogP contribution in [0.15, 0.2) is 53.8 Å². The molecule has 0 bridgehead atoms. The first-order valence-corrected chi connectivity index (χ1v) is 14.2. The number of benzene rings is 1. The molecule has 1 aromatic carbocycles. The number of morpholine rings is 1. The van der Waals surface area contributed by atoms with Gasteiger partial charge in [-0.2, -0.15) is 0 Å². The van der Waals surface area contributed by atoms with Gasteiger partial charge in [-0.05, 0) is 42.6 Å². The molecule has 4 heterocycles. The number of likely N-dealkylation sites (tertiary alicyclic amines) is 1. The second-order valence-electron chi connectivity index (χ2n) is 9.81. The first kappa shape index (κ1) is 26.3. The minimum absolute atomic E-state index is 0.0207. The van der Waals surface area contributed by atoms with E-state index in [1.165, 1.54) is 25.6 Å². The lowest BCUT2D eigenvalue weighted by Crippen LogP contribution is -2.36. The van der Waals surface area contributed by atoms with Gasteiger partial charge in [0, 0.05) is 43.5 Å². The molecular weight excluding hydrogens is 509 g/mol. The second kappa shape index (κ2) is 11.2. The van der Waals surface area contributed by atoms with E-state index in [2.05, 4.69) is 26.5 Å². The minimum atomic E-state index is -4.09. The van der Waals surface area contributed by atoms with Gasteiger partial charge < -0.3 is 14.4 Å². The average molecular weight is 542 g/mol. The highest BCUT2D eigenvalue weighted by Gasteiger charge is 2.24. The van der Waals surface area contributed by atoms with Crippen LogP contribution in [0.1, 0.15) is 18.9 Å². The van der Waals surface area contributed by atoms with Crippen LogP contribution in [0.4, 0.5) is 15.8 Å². The third-order valence-corrected chi connectivity index (χ3v) is 8.29. The summed E-state index contributed by atoms with van der Waals surface area (Å²) < 4.78 is 55.1. The number of nitrogens with zero attached hydrogens (tertiary/aromatic N) is 4. The molecule has 38 heavy (non-hydrogen) atoms. The van der Waals surface area contributed by atoms with E-state index in [0.29, 0.717) is 55.6 Å². The van der Waals surface area contributed by atoms with Gasteiger partial charge in [0.1, 0.15) is 5.82 Å². The van der Waals surface area contributed by atoms with Crippen LogP contribution in [0, 0.1) is 11.7 Å². The summed E-state index contributed by atoms with van der Waals surface area (Å²) >= 11 is 0.